The van der Waals surface area contributed by atoms with Crippen LogP contribution >= 0.6 is 0 Å². The molecular formula is C30H35N3O4. The van der Waals surface area contributed by atoms with Crippen molar-refractivity contribution in [2.75, 3.05) is 13.6 Å². The zero-order valence-electron chi connectivity index (χ0n) is 22.4. The topological polar surface area (TPSA) is 71.9 Å². The number of amides is 3. The Kier molecular flexibility index (Phi) is 7.25. The zero-order chi connectivity index (χ0) is 26.9. The normalized spacial score (nSPS) is 15.6. The summed E-state index contributed by atoms with van der Waals surface area (Å²) in [6.45, 7) is 10.7. The van der Waals surface area contributed by atoms with Crippen LogP contribution in [-0.4, -0.2) is 51.5 Å². The van der Waals surface area contributed by atoms with E-state index in [-0.39, 0.29) is 23.8 Å². The molecule has 2 heterocycles. The van der Waals surface area contributed by atoms with E-state index in [1.54, 1.807) is 11.0 Å². The molecule has 0 spiro atoms. The maximum Gasteiger partial charge on any atom is 0.331 e. The van der Waals surface area contributed by atoms with E-state index < -0.39 is 5.60 Å². The van der Waals surface area contributed by atoms with Gasteiger partial charge in [-0.25, -0.2) is 9.59 Å². The predicted octanol–water partition coefficient (Wildman–Crippen LogP) is 5.56. The lowest BCUT2D eigenvalue weighted by Crippen LogP contribution is -2.46. The van der Waals surface area contributed by atoms with Gasteiger partial charge in [-0.15, -0.1) is 0 Å². The van der Waals surface area contributed by atoms with Crippen LogP contribution in [0.15, 0.2) is 54.6 Å². The molecule has 0 N–H and O–H groups in total. The number of nitrogens with zero attached hydrogens (tertiary/aromatic N) is 3. The summed E-state index contributed by atoms with van der Waals surface area (Å²) in [4.78, 5) is 39.9. The second-order valence-corrected chi connectivity index (χ2v) is 10.7. The molecule has 7 nitrogen and oxygen atoms in total. The van der Waals surface area contributed by atoms with Crippen molar-refractivity contribution >= 4 is 34.9 Å². The van der Waals surface area contributed by atoms with E-state index in [4.69, 9.17) is 4.74 Å². The third-order valence-electron chi connectivity index (χ3n) is 6.59. The van der Waals surface area contributed by atoms with Gasteiger partial charge >= 0.3 is 12.0 Å². The van der Waals surface area contributed by atoms with Crippen LogP contribution in [-0.2, 0) is 27.4 Å². The lowest BCUT2D eigenvalue weighted by atomic mass is 9.93. The highest BCUT2D eigenvalue weighted by Crippen LogP contribution is 2.37. The van der Waals surface area contributed by atoms with E-state index in [9.17, 15) is 14.4 Å². The number of rotatable bonds is 4. The highest BCUT2D eigenvalue weighted by atomic mass is 16.6. The molecule has 3 amide bonds. The van der Waals surface area contributed by atoms with E-state index in [1.807, 2.05) is 45.0 Å². The second kappa shape index (κ2) is 10.2. The monoisotopic (exact) mass is 501 g/mol. The molecule has 37 heavy (non-hydrogen) atoms. The largest absolute Gasteiger partial charge is 0.457 e. The molecule has 4 rings (SSSR count). The molecule has 0 aliphatic carbocycles. The number of aromatic nitrogens is 1. The standard InChI is InChI=1S/C30H35N3O4/c1-20-17-32(29(36)31(6)21(2)34)19-26-28(20)24-12-7-8-13-25(24)33(26)18-23-11-9-10-22(16-23)14-15-27(35)37-30(3,4)5/h7-16,20H,17-19H2,1-6H3/b15-14+. The molecule has 0 bridgehead atoms. The molecule has 0 saturated heterocycles. The van der Waals surface area contributed by atoms with Crippen LogP contribution in [0.5, 0.6) is 0 Å². The Morgan fingerprint density at radius 2 is 1.84 bits per heavy atom. The highest BCUT2D eigenvalue weighted by Gasteiger charge is 2.33. The minimum Gasteiger partial charge on any atom is -0.457 e. The van der Waals surface area contributed by atoms with Crippen LogP contribution in [0.2, 0.25) is 0 Å². The molecule has 0 radical (unpaired) electrons. The van der Waals surface area contributed by atoms with Crippen molar-refractivity contribution in [2.24, 2.45) is 0 Å². The SMILES string of the molecule is CC(=O)N(C)C(=O)N1Cc2c(c3ccccc3n2Cc2cccc(/C=C/C(=O)OC(C)(C)C)c2)C(C)C1. The predicted molar refractivity (Wildman–Crippen MR) is 145 cm³/mol. The Morgan fingerprint density at radius 1 is 1.11 bits per heavy atom. The molecule has 194 valence electrons. The second-order valence-electron chi connectivity index (χ2n) is 10.7. The molecule has 1 aliphatic heterocycles. The summed E-state index contributed by atoms with van der Waals surface area (Å²) < 4.78 is 7.64. The maximum atomic E-state index is 13.0. The van der Waals surface area contributed by atoms with Crippen molar-refractivity contribution in [3.8, 4) is 0 Å². The number of imide groups is 1. The van der Waals surface area contributed by atoms with Crippen molar-refractivity contribution in [3.63, 3.8) is 0 Å². The first-order valence-corrected chi connectivity index (χ1v) is 12.6. The van der Waals surface area contributed by atoms with Crippen LogP contribution in [0, 0.1) is 0 Å². The fraction of sp³-hybridized carbons (Fsp3) is 0.367. The average Bonchev–Trinajstić information content (AvgIpc) is 3.15. The summed E-state index contributed by atoms with van der Waals surface area (Å²) in [7, 11) is 1.52. The van der Waals surface area contributed by atoms with Crippen molar-refractivity contribution in [2.45, 2.75) is 59.2 Å². The number of ether oxygens (including phenoxy) is 1. The number of esters is 1. The number of urea groups is 1. The van der Waals surface area contributed by atoms with Crippen LogP contribution < -0.4 is 0 Å². The molecule has 0 fully saturated rings. The van der Waals surface area contributed by atoms with Crippen LogP contribution in [0.3, 0.4) is 0 Å². The molecular weight excluding hydrogens is 466 g/mol. The highest BCUT2D eigenvalue weighted by molar-refractivity contribution is 5.93. The first kappa shape index (κ1) is 26.2. The summed E-state index contributed by atoms with van der Waals surface area (Å²) in [5.74, 6) is -0.528. The van der Waals surface area contributed by atoms with Crippen molar-refractivity contribution in [3.05, 3.63) is 77.0 Å². The van der Waals surface area contributed by atoms with Gasteiger partial charge in [-0.05, 0) is 55.7 Å². The van der Waals surface area contributed by atoms with Gasteiger partial charge in [0.2, 0.25) is 5.91 Å². The van der Waals surface area contributed by atoms with E-state index in [1.165, 1.54) is 35.9 Å². The Bertz CT molecular complexity index is 1380. The Hall–Kier alpha value is -3.87. The van der Waals surface area contributed by atoms with Crippen LogP contribution in [0.1, 0.15) is 62.9 Å². The lowest BCUT2D eigenvalue weighted by molar-refractivity contribution is -0.148. The fourth-order valence-electron chi connectivity index (χ4n) is 4.92. The first-order valence-electron chi connectivity index (χ1n) is 12.6. The Labute approximate surface area is 218 Å². The third kappa shape index (κ3) is 5.77. The van der Waals surface area contributed by atoms with Gasteiger partial charge in [-0.1, -0.05) is 43.3 Å². The minimum absolute atomic E-state index is 0.127. The van der Waals surface area contributed by atoms with Gasteiger partial charge in [0.1, 0.15) is 5.60 Å². The molecule has 2 aromatic carbocycles. The van der Waals surface area contributed by atoms with Crippen molar-refractivity contribution < 1.29 is 19.1 Å². The molecule has 1 aliphatic rings. The summed E-state index contributed by atoms with van der Waals surface area (Å²) in [5.41, 5.74) is 4.90. The third-order valence-corrected chi connectivity index (χ3v) is 6.59. The number of para-hydroxylation sites is 1. The van der Waals surface area contributed by atoms with Crippen molar-refractivity contribution in [1.82, 2.24) is 14.4 Å². The van der Waals surface area contributed by atoms with E-state index in [2.05, 4.69) is 35.8 Å². The first-order chi connectivity index (χ1) is 17.4. The van der Waals surface area contributed by atoms with Gasteiger partial charge in [0.15, 0.2) is 0 Å². The van der Waals surface area contributed by atoms with Gasteiger partial charge in [0.25, 0.3) is 0 Å². The molecule has 1 aromatic heterocycles. The number of carbonyl (C=O) groups is 3. The number of hydrogen-bond donors (Lipinski definition) is 0. The Morgan fingerprint density at radius 3 is 2.54 bits per heavy atom. The number of fused-ring (bicyclic) bond motifs is 3. The molecule has 1 unspecified atom stereocenters. The quantitative estimate of drug-likeness (QED) is 0.347. The molecule has 7 heteroatoms. The van der Waals surface area contributed by atoms with Gasteiger partial charge in [0.05, 0.1) is 6.54 Å². The molecule has 1 atom stereocenters. The van der Waals surface area contributed by atoms with Crippen LogP contribution in [0.4, 0.5) is 4.79 Å². The van der Waals surface area contributed by atoms with E-state index in [0.29, 0.717) is 19.6 Å². The van der Waals surface area contributed by atoms with Crippen molar-refractivity contribution in [1.29, 1.82) is 0 Å². The minimum atomic E-state index is -0.538. The molecule has 0 saturated carbocycles. The Balaban J connectivity index is 1.67. The summed E-state index contributed by atoms with van der Waals surface area (Å²) in [5, 5.41) is 1.19. The lowest BCUT2D eigenvalue weighted by Gasteiger charge is -2.34. The maximum absolute atomic E-state index is 13.0. The van der Waals surface area contributed by atoms with Gasteiger partial charge in [-0.3, -0.25) is 9.69 Å². The fourth-order valence-corrected chi connectivity index (χ4v) is 4.92. The number of carbonyl (C=O) groups excluding carboxylic acids is 3. The number of hydrogen-bond acceptors (Lipinski definition) is 4. The van der Waals surface area contributed by atoms with E-state index >= 15 is 0 Å². The van der Waals surface area contributed by atoms with Gasteiger partial charge < -0.3 is 14.2 Å². The van der Waals surface area contributed by atoms with Gasteiger partial charge in [0, 0.05) is 55.7 Å². The summed E-state index contributed by atoms with van der Waals surface area (Å²) in [6, 6.07) is 16.1. The summed E-state index contributed by atoms with van der Waals surface area (Å²) in [6.07, 6.45) is 3.22. The number of benzene rings is 2. The zero-order valence-corrected chi connectivity index (χ0v) is 22.4. The van der Waals surface area contributed by atoms with E-state index in [0.717, 1.165) is 22.3 Å². The summed E-state index contributed by atoms with van der Waals surface area (Å²) >= 11 is 0. The average molecular weight is 502 g/mol. The van der Waals surface area contributed by atoms with Crippen LogP contribution in [0.25, 0.3) is 17.0 Å². The smallest absolute Gasteiger partial charge is 0.331 e. The molecule has 3 aromatic rings. The van der Waals surface area contributed by atoms with Gasteiger partial charge in [-0.2, -0.15) is 0 Å².